The van der Waals surface area contributed by atoms with E-state index in [0.29, 0.717) is 60.8 Å². The molecule has 0 aliphatic carbocycles. The summed E-state index contributed by atoms with van der Waals surface area (Å²) >= 11 is 0. The fourth-order valence-electron chi connectivity index (χ4n) is 3.53. The molecule has 0 radical (unpaired) electrons. The first-order chi connectivity index (χ1) is 16.8. The quantitative estimate of drug-likeness (QED) is 0.317. The third-order valence-corrected chi connectivity index (χ3v) is 5.56. The maximum atomic E-state index is 13.1. The Kier molecular flexibility index (Phi) is 7.19. The van der Waals surface area contributed by atoms with Gasteiger partial charge in [-0.1, -0.05) is 37.2 Å². The molecule has 1 amide bonds. The summed E-state index contributed by atoms with van der Waals surface area (Å²) in [6.07, 6.45) is 1.35. The van der Waals surface area contributed by atoms with E-state index in [1.165, 1.54) is 12.1 Å². The van der Waals surface area contributed by atoms with Gasteiger partial charge in [-0.15, -0.1) is 0 Å². The van der Waals surface area contributed by atoms with E-state index in [1.807, 2.05) is 32.0 Å². The van der Waals surface area contributed by atoms with E-state index in [4.69, 9.17) is 4.52 Å². The molecular formula is C25H27FN6O3. The molecule has 0 saturated carbocycles. The van der Waals surface area contributed by atoms with Gasteiger partial charge in [0, 0.05) is 36.9 Å². The number of aromatic amines is 1. The first-order valence-corrected chi connectivity index (χ1v) is 11.4. The lowest BCUT2D eigenvalue weighted by molar-refractivity contribution is -0.121. The first-order valence-electron chi connectivity index (χ1n) is 11.4. The van der Waals surface area contributed by atoms with Crippen molar-refractivity contribution in [3.8, 4) is 11.4 Å². The maximum absolute atomic E-state index is 13.1. The number of H-pyrrole nitrogens is 1. The molecular weight excluding hydrogens is 451 g/mol. The van der Waals surface area contributed by atoms with Gasteiger partial charge in [-0.25, -0.2) is 9.49 Å². The first kappa shape index (κ1) is 24.1. The molecule has 0 bridgehead atoms. The smallest absolute Gasteiger partial charge is 0.272 e. The van der Waals surface area contributed by atoms with E-state index >= 15 is 0 Å². The SMILES string of the molecule is CC(C)(CNC(=O)CCCc1nc(-c2ccc(F)cc2)no1)CNc1n[nH]c(=O)c2ccccc12. The molecule has 3 N–H and O–H groups in total. The summed E-state index contributed by atoms with van der Waals surface area (Å²) in [5, 5.41) is 18.1. The predicted molar refractivity (Wildman–Crippen MR) is 130 cm³/mol. The summed E-state index contributed by atoms with van der Waals surface area (Å²) in [5.41, 5.74) is 0.176. The Labute approximate surface area is 201 Å². The average Bonchev–Trinajstić information content (AvgIpc) is 3.32. The lowest BCUT2D eigenvalue weighted by atomic mass is 9.93. The second-order valence-corrected chi connectivity index (χ2v) is 9.11. The zero-order valence-corrected chi connectivity index (χ0v) is 19.6. The molecule has 182 valence electrons. The summed E-state index contributed by atoms with van der Waals surface area (Å²) in [4.78, 5) is 28.6. The highest BCUT2D eigenvalue weighted by Crippen LogP contribution is 2.20. The van der Waals surface area contributed by atoms with E-state index in [1.54, 1.807) is 18.2 Å². The van der Waals surface area contributed by atoms with E-state index in [9.17, 15) is 14.0 Å². The third-order valence-electron chi connectivity index (χ3n) is 5.56. The van der Waals surface area contributed by atoms with Gasteiger partial charge in [0.05, 0.1) is 5.39 Å². The molecule has 0 unspecified atom stereocenters. The number of halogens is 1. The Balaban J connectivity index is 1.22. The fraction of sp³-hybridized carbons (Fsp3) is 0.320. The van der Waals surface area contributed by atoms with Gasteiger partial charge in [-0.05, 0) is 42.2 Å². The van der Waals surface area contributed by atoms with E-state index in [-0.39, 0.29) is 22.7 Å². The molecule has 2 heterocycles. The second-order valence-electron chi connectivity index (χ2n) is 9.11. The summed E-state index contributed by atoms with van der Waals surface area (Å²) in [6.45, 7) is 5.08. The molecule has 9 nitrogen and oxygen atoms in total. The number of amides is 1. The van der Waals surface area contributed by atoms with Crippen LogP contribution in [0.2, 0.25) is 0 Å². The van der Waals surface area contributed by atoms with Gasteiger partial charge in [0.1, 0.15) is 5.82 Å². The van der Waals surface area contributed by atoms with Crippen LogP contribution < -0.4 is 16.2 Å². The molecule has 0 aliphatic heterocycles. The molecule has 0 fully saturated rings. The zero-order valence-electron chi connectivity index (χ0n) is 19.6. The molecule has 10 heteroatoms. The van der Waals surface area contributed by atoms with Crippen molar-refractivity contribution in [2.45, 2.75) is 33.1 Å². The summed E-state index contributed by atoms with van der Waals surface area (Å²) < 4.78 is 18.3. The van der Waals surface area contributed by atoms with Crippen LogP contribution in [-0.2, 0) is 11.2 Å². The number of benzene rings is 2. The Hall–Kier alpha value is -4.08. The Morgan fingerprint density at radius 2 is 1.83 bits per heavy atom. The number of hydrogen-bond acceptors (Lipinski definition) is 7. The highest BCUT2D eigenvalue weighted by molar-refractivity contribution is 5.90. The number of fused-ring (bicyclic) bond motifs is 1. The van der Waals surface area contributed by atoms with Gasteiger partial charge in [0.25, 0.3) is 5.56 Å². The third kappa shape index (κ3) is 6.28. The van der Waals surface area contributed by atoms with Gasteiger partial charge in [-0.3, -0.25) is 9.59 Å². The van der Waals surface area contributed by atoms with Crippen molar-refractivity contribution < 1.29 is 13.7 Å². The molecule has 4 rings (SSSR count). The summed E-state index contributed by atoms with van der Waals surface area (Å²) in [6, 6.07) is 13.1. The molecule has 35 heavy (non-hydrogen) atoms. The average molecular weight is 479 g/mol. The van der Waals surface area contributed by atoms with Crippen molar-refractivity contribution in [1.82, 2.24) is 25.7 Å². The number of aryl methyl sites for hydroxylation is 1. The number of rotatable bonds is 10. The summed E-state index contributed by atoms with van der Waals surface area (Å²) in [7, 11) is 0. The minimum atomic E-state index is -0.330. The lowest BCUT2D eigenvalue weighted by Gasteiger charge is -2.25. The highest BCUT2D eigenvalue weighted by Gasteiger charge is 2.20. The van der Waals surface area contributed by atoms with Crippen LogP contribution in [-0.4, -0.2) is 39.3 Å². The molecule has 0 aliphatic rings. The maximum Gasteiger partial charge on any atom is 0.272 e. The van der Waals surface area contributed by atoms with Crippen LogP contribution in [0.1, 0.15) is 32.6 Å². The minimum absolute atomic E-state index is 0.0658. The molecule has 0 saturated heterocycles. The van der Waals surface area contributed by atoms with Crippen LogP contribution in [0, 0.1) is 11.2 Å². The van der Waals surface area contributed by atoms with Crippen LogP contribution in [0.4, 0.5) is 10.2 Å². The van der Waals surface area contributed by atoms with Crippen LogP contribution in [0.3, 0.4) is 0 Å². The van der Waals surface area contributed by atoms with Crippen molar-refractivity contribution >= 4 is 22.5 Å². The highest BCUT2D eigenvalue weighted by atomic mass is 19.1. The zero-order chi connectivity index (χ0) is 24.8. The largest absolute Gasteiger partial charge is 0.368 e. The molecule has 2 aromatic heterocycles. The van der Waals surface area contributed by atoms with Crippen molar-refractivity contribution in [1.29, 1.82) is 0 Å². The van der Waals surface area contributed by atoms with Gasteiger partial charge < -0.3 is 15.2 Å². The van der Waals surface area contributed by atoms with E-state index < -0.39 is 0 Å². The minimum Gasteiger partial charge on any atom is -0.368 e. The monoisotopic (exact) mass is 478 g/mol. The van der Waals surface area contributed by atoms with Gasteiger partial charge in [-0.2, -0.15) is 10.1 Å². The molecule has 2 aromatic carbocycles. The topological polar surface area (TPSA) is 126 Å². The van der Waals surface area contributed by atoms with Crippen molar-refractivity contribution in [2.75, 3.05) is 18.4 Å². The van der Waals surface area contributed by atoms with Crippen LogP contribution in [0.15, 0.2) is 57.8 Å². The van der Waals surface area contributed by atoms with Gasteiger partial charge >= 0.3 is 0 Å². The van der Waals surface area contributed by atoms with E-state index in [2.05, 4.69) is 31.0 Å². The Bertz CT molecular complexity index is 1360. The molecule has 4 aromatic rings. The van der Waals surface area contributed by atoms with Crippen molar-refractivity contribution in [3.05, 3.63) is 70.6 Å². The number of nitrogens with zero attached hydrogens (tertiary/aromatic N) is 3. The summed E-state index contributed by atoms with van der Waals surface area (Å²) in [5.74, 6) is 1.03. The number of carbonyl (C=O) groups is 1. The fourth-order valence-corrected chi connectivity index (χ4v) is 3.53. The van der Waals surface area contributed by atoms with Crippen molar-refractivity contribution in [3.63, 3.8) is 0 Å². The van der Waals surface area contributed by atoms with Crippen LogP contribution in [0.25, 0.3) is 22.2 Å². The standard InChI is InChI=1S/C25H27FN6O3/c1-25(2,15-28-23-18-6-3-4-7-19(18)24(34)31-30-23)14-27-20(33)8-5-9-21-29-22(32-35-21)16-10-12-17(26)13-11-16/h3-4,6-7,10-13H,5,8-9,14-15H2,1-2H3,(H,27,33)(H,28,30)(H,31,34). The lowest BCUT2D eigenvalue weighted by Crippen LogP contribution is -2.38. The Morgan fingerprint density at radius 3 is 2.60 bits per heavy atom. The number of nitrogens with one attached hydrogen (secondary N) is 3. The van der Waals surface area contributed by atoms with Crippen LogP contribution in [0.5, 0.6) is 0 Å². The number of carbonyl (C=O) groups excluding carboxylic acids is 1. The number of anilines is 1. The molecule has 0 atom stereocenters. The molecule has 0 spiro atoms. The Morgan fingerprint density at radius 1 is 1.09 bits per heavy atom. The number of hydrogen-bond donors (Lipinski definition) is 3. The number of aromatic nitrogens is 4. The second kappa shape index (κ2) is 10.5. The predicted octanol–water partition coefficient (Wildman–Crippen LogP) is 3.69. The van der Waals surface area contributed by atoms with Gasteiger partial charge in [0.2, 0.25) is 17.6 Å². The normalized spacial score (nSPS) is 11.5. The van der Waals surface area contributed by atoms with Gasteiger partial charge in [0.15, 0.2) is 5.82 Å². The van der Waals surface area contributed by atoms with E-state index in [0.717, 1.165) is 5.39 Å². The van der Waals surface area contributed by atoms with Crippen LogP contribution >= 0.6 is 0 Å². The van der Waals surface area contributed by atoms with Crippen molar-refractivity contribution in [2.24, 2.45) is 5.41 Å².